The van der Waals surface area contributed by atoms with Crippen LogP contribution in [0.1, 0.15) is 73.4 Å². The predicted molar refractivity (Wildman–Crippen MR) is 277 cm³/mol. The molecule has 5 aliphatic heterocycles. The Labute approximate surface area is 433 Å². The molecule has 3 aromatic carbocycles. The summed E-state index contributed by atoms with van der Waals surface area (Å²) in [5.74, 6) is 0.716. The maximum absolute atomic E-state index is 17.3. The molecule has 75 heavy (non-hydrogen) atoms. The third-order valence-electron chi connectivity index (χ3n) is 16.3. The molecule has 0 radical (unpaired) electrons. The number of aromatic nitrogens is 3. The quantitative estimate of drug-likeness (QED) is 0.0848. The van der Waals surface area contributed by atoms with Gasteiger partial charge in [0.05, 0.1) is 17.6 Å². The molecule has 11 rings (SSSR count). The number of benzene rings is 3. The highest BCUT2D eigenvalue weighted by molar-refractivity contribution is 6.06. The molecule has 1 unspecified atom stereocenters. The Morgan fingerprint density at radius 2 is 1.75 bits per heavy atom. The van der Waals surface area contributed by atoms with Crippen molar-refractivity contribution in [3.8, 4) is 35.4 Å². The Kier molecular flexibility index (Phi) is 13.5. The second-order valence-corrected chi connectivity index (χ2v) is 21.1. The lowest BCUT2D eigenvalue weighted by Crippen LogP contribution is -2.56. The number of phenolic OH excluding ortho intramolecular Hbond substituents is 1. The average molecular weight is 1020 g/mol. The number of carbonyl (C=O) groups excluding carboxylic acids is 4. The molecular formula is C56H59F2N11O6. The van der Waals surface area contributed by atoms with E-state index in [4.69, 9.17) is 22.7 Å². The molecule has 1 saturated carbocycles. The Morgan fingerprint density at radius 1 is 0.960 bits per heavy atom. The first-order valence-corrected chi connectivity index (χ1v) is 26.1. The summed E-state index contributed by atoms with van der Waals surface area (Å²) in [7, 11) is 0. The number of piperazine rings is 2. The van der Waals surface area contributed by atoms with Crippen LogP contribution in [0.5, 0.6) is 11.8 Å². The fourth-order valence-electron chi connectivity index (χ4n) is 12.0. The van der Waals surface area contributed by atoms with Crippen LogP contribution in [-0.4, -0.2) is 161 Å². The number of nitrogens with zero attached hydrogens (tertiary/aromatic N) is 10. The molecule has 17 nitrogen and oxygen atoms in total. The minimum Gasteiger partial charge on any atom is -0.508 e. The van der Waals surface area contributed by atoms with Crippen molar-refractivity contribution in [1.82, 2.24) is 39.9 Å². The second kappa shape index (κ2) is 20.3. The van der Waals surface area contributed by atoms with E-state index in [2.05, 4.69) is 46.8 Å². The number of terminal acetylenes is 1. The number of amides is 4. The molecule has 2 aromatic heterocycles. The van der Waals surface area contributed by atoms with Crippen molar-refractivity contribution >= 4 is 56.8 Å². The van der Waals surface area contributed by atoms with Gasteiger partial charge in [0.1, 0.15) is 40.7 Å². The number of pyridine rings is 1. The van der Waals surface area contributed by atoms with Gasteiger partial charge in [0.2, 0.25) is 24.3 Å². The molecule has 7 heterocycles. The lowest BCUT2D eigenvalue weighted by Gasteiger charge is -2.40. The summed E-state index contributed by atoms with van der Waals surface area (Å²) in [5, 5.41) is 14.0. The highest BCUT2D eigenvalue weighted by Crippen LogP contribution is 2.47. The third kappa shape index (κ3) is 9.75. The van der Waals surface area contributed by atoms with Crippen LogP contribution in [0.25, 0.3) is 37.8 Å². The molecule has 4 amide bonds. The summed E-state index contributed by atoms with van der Waals surface area (Å²) in [6.07, 6.45) is 12.1. The highest BCUT2D eigenvalue weighted by Gasteiger charge is 2.46. The van der Waals surface area contributed by atoms with Crippen LogP contribution in [0.2, 0.25) is 0 Å². The Balaban J connectivity index is 0.744. The molecule has 19 heteroatoms. The summed E-state index contributed by atoms with van der Waals surface area (Å²) in [4.78, 5) is 80.9. The van der Waals surface area contributed by atoms with Gasteiger partial charge in [-0.1, -0.05) is 18.9 Å². The summed E-state index contributed by atoms with van der Waals surface area (Å²) in [5.41, 5.74) is 2.23. The van der Waals surface area contributed by atoms with Crippen molar-refractivity contribution in [3.63, 3.8) is 0 Å². The summed E-state index contributed by atoms with van der Waals surface area (Å²) in [6.45, 7) is 18.7. The topological polar surface area (TPSA) is 172 Å². The van der Waals surface area contributed by atoms with Crippen molar-refractivity contribution in [2.45, 2.75) is 70.5 Å². The standard InChI is InChI=1S/C56H59F2N11O6/c1-4-40-44(57)9-6-35-25-39(70)26-42(48(35)40)50-49(58)51-43(28-60-50)52(67-22-23-68(47(72)5-2)38(31-67)27-59-3)63-55(62-51)75-33-56(14-15-56)32-65-20-18-64(19-21-65)29-34-12-16-66(17-13-34)37-7-8-41-36(24-37)30-69(54(41)74)45-10-11-46(71)61-53(45)73/h1,6-9,24-26,28,34,38,45,70H,5,10-23,27,29-33H2,2H3,(H,61,71,73)/t38-,45?/m0/s1. The van der Waals surface area contributed by atoms with E-state index in [-0.39, 0.29) is 87.5 Å². The van der Waals surface area contributed by atoms with E-state index in [0.717, 1.165) is 89.3 Å². The van der Waals surface area contributed by atoms with Crippen molar-refractivity contribution in [2.75, 3.05) is 94.9 Å². The zero-order valence-electron chi connectivity index (χ0n) is 42.0. The number of hydrogen-bond donors (Lipinski definition) is 2. The van der Waals surface area contributed by atoms with Gasteiger partial charge in [0.25, 0.3) is 5.91 Å². The second-order valence-electron chi connectivity index (χ2n) is 21.1. The number of rotatable bonds is 13. The molecule has 388 valence electrons. The minimum atomic E-state index is -0.832. The molecule has 5 fully saturated rings. The molecule has 4 saturated heterocycles. The first-order chi connectivity index (χ1) is 36.3. The Hall–Kier alpha value is -7.48. The number of halogens is 2. The van der Waals surface area contributed by atoms with Gasteiger partial charge >= 0.3 is 6.01 Å². The van der Waals surface area contributed by atoms with Crippen LogP contribution in [0, 0.1) is 41.9 Å². The molecule has 5 aromatic rings. The predicted octanol–water partition coefficient (Wildman–Crippen LogP) is 5.61. The fraction of sp³-hybridized carbons (Fsp3) is 0.464. The number of hydrogen-bond acceptors (Lipinski definition) is 13. The normalized spacial score (nSPS) is 21.3. The first-order valence-electron chi connectivity index (χ1n) is 26.1. The van der Waals surface area contributed by atoms with Crippen LogP contribution in [-0.2, 0) is 20.9 Å². The molecule has 2 atom stereocenters. The summed E-state index contributed by atoms with van der Waals surface area (Å²) < 4.78 is 38.9. The SMILES string of the molecule is [C-]#[N+]C[C@H]1CN(c2nc(OCC3(CN4CCN(CC5CCN(c6ccc7c(c6)CN(C6CCC(=O)NC6=O)C7=O)CC5)CC4)CC3)nc3c(F)c(-c4cc(O)cc5ccc(F)c(C#C)c45)ncc23)CCN1C(=O)CC. The number of ether oxygens (including phenoxy) is 1. The molecule has 2 N–H and O–H groups in total. The van der Waals surface area contributed by atoms with Crippen LogP contribution >= 0.6 is 0 Å². The maximum atomic E-state index is 17.3. The molecule has 1 aliphatic carbocycles. The van der Waals surface area contributed by atoms with Crippen LogP contribution < -0.4 is 19.9 Å². The number of carbonyl (C=O) groups is 4. The van der Waals surface area contributed by atoms with Crippen LogP contribution in [0.15, 0.2) is 48.7 Å². The Morgan fingerprint density at radius 3 is 2.48 bits per heavy atom. The van der Waals surface area contributed by atoms with Gasteiger partial charge in [-0.15, -0.1) is 6.42 Å². The lowest BCUT2D eigenvalue weighted by atomic mass is 9.95. The van der Waals surface area contributed by atoms with Gasteiger partial charge < -0.3 is 44.1 Å². The minimum absolute atomic E-state index is 0.0247. The monoisotopic (exact) mass is 1020 g/mol. The van der Waals surface area contributed by atoms with E-state index in [1.807, 2.05) is 17.0 Å². The molecule has 0 spiro atoms. The van der Waals surface area contributed by atoms with E-state index in [1.54, 1.807) is 16.7 Å². The van der Waals surface area contributed by atoms with Crippen molar-refractivity contribution in [3.05, 3.63) is 88.4 Å². The number of phenols is 1. The highest BCUT2D eigenvalue weighted by atomic mass is 19.1. The van der Waals surface area contributed by atoms with Crippen LogP contribution in [0.3, 0.4) is 0 Å². The lowest BCUT2D eigenvalue weighted by molar-refractivity contribution is -0.137. The van der Waals surface area contributed by atoms with E-state index in [0.29, 0.717) is 61.8 Å². The van der Waals surface area contributed by atoms with Gasteiger partial charge in [0.15, 0.2) is 5.82 Å². The molecule has 6 aliphatic rings. The first kappa shape index (κ1) is 49.7. The van der Waals surface area contributed by atoms with Gasteiger partial charge in [-0.05, 0) is 85.4 Å². The average Bonchev–Trinajstić information content (AvgIpc) is 4.12. The van der Waals surface area contributed by atoms with Gasteiger partial charge in [-0.25, -0.2) is 15.4 Å². The van der Waals surface area contributed by atoms with E-state index in [9.17, 15) is 24.3 Å². The van der Waals surface area contributed by atoms with Crippen molar-refractivity contribution in [2.24, 2.45) is 11.3 Å². The summed E-state index contributed by atoms with van der Waals surface area (Å²) in [6, 6.07) is 10.3. The molecule has 0 bridgehead atoms. The molecular weight excluding hydrogens is 961 g/mol. The number of piperidine rings is 2. The van der Waals surface area contributed by atoms with E-state index in [1.165, 1.54) is 30.5 Å². The van der Waals surface area contributed by atoms with Gasteiger partial charge in [-0.3, -0.25) is 29.5 Å². The number of fused-ring (bicyclic) bond motifs is 3. The van der Waals surface area contributed by atoms with Crippen molar-refractivity contribution in [1.29, 1.82) is 0 Å². The van der Waals surface area contributed by atoms with Gasteiger partial charge in [0, 0.05) is 125 Å². The number of anilines is 2. The number of nitrogens with one attached hydrogen (secondary N) is 1. The number of aromatic hydroxyl groups is 1. The smallest absolute Gasteiger partial charge is 0.319 e. The fourth-order valence-corrected chi connectivity index (χ4v) is 12.0. The summed E-state index contributed by atoms with van der Waals surface area (Å²) >= 11 is 0. The zero-order chi connectivity index (χ0) is 52.1. The van der Waals surface area contributed by atoms with Crippen LogP contribution in [0.4, 0.5) is 20.3 Å². The number of imide groups is 1. The Bertz CT molecular complexity index is 3210. The zero-order valence-corrected chi connectivity index (χ0v) is 42.0. The maximum Gasteiger partial charge on any atom is 0.319 e. The van der Waals surface area contributed by atoms with E-state index < -0.39 is 29.6 Å². The third-order valence-corrected chi connectivity index (χ3v) is 16.3. The van der Waals surface area contributed by atoms with Crippen molar-refractivity contribution < 1.29 is 37.8 Å². The van der Waals surface area contributed by atoms with Gasteiger partial charge in [-0.2, -0.15) is 9.97 Å². The largest absolute Gasteiger partial charge is 0.508 e. The van der Waals surface area contributed by atoms with E-state index >= 15 is 8.78 Å².